The van der Waals surface area contributed by atoms with Gasteiger partial charge in [-0.15, -0.1) is 11.8 Å². The third-order valence-corrected chi connectivity index (χ3v) is 5.58. The third-order valence-electron chi connectivity index (χ3n) is 3.95. The molecule has 0 aliphatic carbocycles. The van der Waals surface area contributed by atoms with Crippen LogP contribution in [0.1, 0.15) is 24.8 Å². The maximum absolute atomic E-state index is 12.5. The lowest BCUT2D eigenvalue weighted by molar-refractivity contribution is -0.120. The van der Waals surface area contributed by atoms with E-state index in [2.05, 4.69) is 15.5 Å². The number of thioether (sulfide) groups is 1. The predicted molar refractivity (Wildman–Crippen MR) is 108 cm³/mol. The van der Waals surface area contributed by atoms with Crippen LogP contribution in [0.3, 0.4) is 0 Å². The van der Waals surface area contributed by atoms with Crippen LogP contribution in [0.15, 0.2) is 57.9 Å². The maximum Gasteiger partial charge on any atom is 0.246 e. The third kappa shape index (κ3) is 5.34. The molecular formula is C20H20ClN3O2S. The highest BCUT2D eigenvalue weighted by Crippen LogP contribution is 2.27. The summed E-state index contributed by atoms with van der Waals surface area (Å²) in [6.45, 7) is 4.21. The number of benzene rings is 2. The summed E-state index contributed by atoms with van der Waals surface area (Å²) >= 11 is 7.41. The molecule has 0 radical (unpaired) electrons. The molecule has 0 saturated heterocycles. The summed E-state index contributed by atoms with van der Waals surface area (Å²) in [4.78, 5) is 17.8. The zero-order valence-electron chi connectivity index (χ0n) is 15.1. The minimum absolute atomic E-state index is 0.0625. The first-order valence-corrected chi connectivity index (χ1v) is 9.90. The minimum atomic E-state index is -0.203. The Morgan fingerprint density at radius 2 is 1.89 bits per heavy atom. The zero-order valence-corrected chi connectivity index (χ0v) is 16.7. The topological polar surface area (TPSA) is 68.0 Å². The molecule has 0 unspecified atom stereocenters. The molecule has 0 saturated carbocycles. The van der Waals surface area contributed by atoms with Gasteiger partial charge in [-0.05, 0) is 37.6 Å². The highest BCUT2D eigenvalue weighted by Gasteiger charge is 2.19. The van der Waals surface area contributed by atoms with Crippen LogP contribution < -0.4 is 5.32 Å². The lowest BCUT2D eigenvalue weighted by atomic mass is 10.1. The largest absolute Gasteiger partial charge is 0.346 e. The normalized spacial score (nSPS) is 12.0. The molecule has 0 spiro atoms. The van der Waals surface area contributed by atoms with E-state index in [4.69, 9.17) is 16.1 Å². The molecule has 3 aromatic rings. The molecule has 2 aromatic carbocycles. The Morgan fingerprint density at radius 1 is 1.19 bits per heavy atom. The van der Waals surface area contributed by atoms with Gasteiger partial charge < -0.3 is 9.84 Å². The molecule has 1 aromatic heterocycles. The summed E-state index contributed by atoms with van der Waals surface area (Å²) in [5.74, 6) is 0.833. The molecule has 27 heavy (non-hydrogen) atoms. The Kier molecular flexibility index (Phi) is 6.53. The van der Waals surface area contributed by atoms with Gasteiger partial charge in [-0.2, -0.15) is 4.98 Å². The first-order chi connectivity index (χ1) is 13.0. The van der Waals surface area contributed by atoms with Crippen molar-refractivity contribution in [2.75, 3.05) is 0 Å². The van der Waals surface area contributed by atoms with E-state index in [1.54, 1.807) is 0 Å². The molecule has 1 heterocycles. The van der Waals surface area contributed by atoms with Gasteiger partial charge in [0, 0.05) is 15.5 Å². The number of amides is 1. The average Bonchev–Trinajstić information content (AvgIpc) is 3.15. The molecule has 0 bridgehead atoms. The Morgan fingerprint density at radius 3 is 2.56 bits per heavy atom. The number of aryl methyl sites for hydroxylation is 1. The maximum atomic E-state index is 12.5. The summed E-state index contributed by atoms with van der Waals surface area (Å²) < 4.78 is 5.25. The van der Waals surface area contributed by atoms with E-state index in [-0.39, 0.29) is 17.7 Å². The SMILES string of the molecule is CC[C@H](Sc1ccc(Cl)cc1)C(=O)NCc1nc(-c2ccc(C)cc2)no1. The Bertz CT molecular complexity index is 894. The van der Waals surface area contributed by atoms with Crippen molar-refractivity contribution < 1.29 is 9.32 Å². The van der Waals surface area contributed by atoms with Crippen LogP contribution in [-0.4, -0.2) is 21.3 Å². The van der Waals surface area contributed by atoms with E-state index in [0.29, 0.717) is 23.2 Å². The highest BCUT2D eigenvalue weighted by molar-refractivity contribution is 8.00. The Hall–Kier alpha value is -2.31. The number of hydrogen-bond donors (Lipinski definition) is 1. The van der Waals surface area contributed by atoms with Crippen LogP contribution in [0.25, 0.3) is 11.4 Å². The van der Waals surface area contributed by atoms with Crippen LogP contribution in [0, 0.1) is 6.92 Å². The van der Waals surface area contributed by atoms with Crippen LogP contribution in [0.5, 0.6) is 0 Å². The van der Waals surface area contributed by atoms with Crippen molar-refractivity contribution in [1.29, 1.82) is 0 Å². The quantitative estimate of drug-likeness (QED) is 0.571. The molecule has 0 aliphatic heterocycles. The Labute approximate surface area is 167 Å². The minimum Gasteiger partial charge on any atom is -0.346 e. The van der Waals surface area contributed by atoms with Crippen LogP contribution in [0.4, 0.5) is 0 Å². The summed E-state index contributed by atoms with van der Waals surface area (Å²) in [5.41, 5.74) is 2.05. The van der Waals surface area contributed by atoms with Crippen molar-refractivity contribution in [3.05, 3.63) is 65.0 Å². The first kappa shape index (κ1) is 19.5. The van der Waals surface area contributed by atoms with Gasteiger partial charge in [0.2, 0.25) is 17.6 Å². The highest BCUT2D eigenvalue weighted by atomic mass is 35.5. The molecule has 5 nitrogen and oxygen atoms in total. The van der Waals surface area contributed by atoms with E-state index in [1.165, 1.54) is 17.3 Å². The molecule has 3 rings (SSSR count). The lowest BCUT2D eigenvalue weighted by Crippen LogP contribution is -2.31. The van der Waals surface area contributed by atoms with Crippen molar-refractivity contribution in [1.82, 2.24) is 15.5 Å². The van der Waals surface area contributed by atoms with Gasteiger partial charge in [0.05, 0.1) is 11.8 Å². The van der Waals surface area contributed by atoms with Crippen LogP contribution >= 0.6 is 23.4 Å². The zero-order chi connectivity index (χ0) is 19.2. The predicted octanol–water partition coefficient (Wildman–Crippen LogP) is 4.89. The number of aromatic nitrogens is 2. The molecule has 1 atom stereocenters. The van der Waals surface area contributed by atoms with Crippen molar-refractivity contribution in [3.63, 3.8) is 0 Å². The van der Waals surface area contributed by atoms with Crippen molar-refractivity contribution in [2.24, 2.45) is 0 Å². The number of hydrogen-bond acceptors (Lipinski definition) is 5. The van der Waals surface area contributed by atoms with Crippen molar-refractivity contribution in [3.8, 4) is 11.4 Å². The molecule has 7 heteroatoms. The van der Waals surface area contributed by atoms with Gasteiger partial charge in [-0.1, -0.05) is 53.5 Å². The number of halogens is 1. The molecular weight excluding hydrogens is 382 g/mol. The summed E-state index contributed by atoms with van der Waals surface area (Å²) in [6, 6.07) is 15.3. The Balaban J connectivity index is 1.57. The van der Waals surface area contributed by atoms with E-state index in [0.717, 1.165) is 10.5 Å². The molecule has 1 N–H and O–H groups in total. The first-order valence-electron chi connectivity index (χ1n) is 8.64. The van der Waals surface area contributed by atoms with Gasteiger partial charge in [-0.25, -0.2) is 0 Å². The monoisotopic (exact) mass is 401 g/mol. The second kappa shape index (κ2) is 9.06. The number of carbonyl (C=O) groups is 1. The van der Waals surface area contributed by atoms with E-state index in [1.807, 2.05) is 62.4 Å². The van der Waals surface area contributed by atoms with Crippen LogP contribution in [-0.2, 0) is 11.3 Å². The fourth-order valence-electron chi connectivity index (χ4n) is 2.42. The van der Waals surface area contributed by atoms with E-state index in [9.17, 15) is 4.79 Å². The fraction of sp³-hybridized carbons (Fsp3) is 0.250. The van der Waals surface area contributed by atoms with Gasteiger partial charge in [0.1, 0.15) is 0 Å². The number of nitrogens with zero attached hydrogens (tertiary/aromatic N) is 2. The lowest BCUT2D eigenvalue weighted by Gasteiger charge is -2.13. The van der Waals surface area contributed by atoms with E-state index < -0.39 is 0 Å². The molecule has 140 valence electrons. The van der Waals surface area contributed by atoms with Crippen molar-refractivity contribution >= 4 is 29.3 Å². The molecule has 0 fully saturated rings. The van der Waals surface area contributed by atoms with Gasteiger partial charge >= 0.3 is 0 Å². The number of carbonyl (C=O) groups excluding carboxylic acids is 1. The number of rotatable bonds is 7. The summed E-state index contributed by atoms with van der Waals surface area (Å²) in [7, 11) is 0. The standard InChI is InChI=1S/C20H20ClN3O2S/c1-3-17(27-16-10-8-15(21)9-11-16)20(25)22-12-18-23-19(24-26-18)14-6-4-13(2)5-7-14/h4-11,17H,3,12H2,1-2H3,(H,22,25)/t17-/m0/s1. The van der Waals surface area contributed by atoms with Gasteiger partial charge in [0.15, 0.2) is 0 Å². The average molecular weight is 402 g/mol. The van der Waals surface area contributed by atoms with Gasteiger partial charge in [0.25, 0.3) is 0 Å². The second-order valence-corrected chi connectivity index (χ2v) is 7.78. The molecule has 1 amide bonds. The van der Waals surface area contributed by atoms with Crippen LogP contribution in [0.2, 0.25) is 5.02 Å². The summed E-state index contributed by atoms with van der Waals surface area (Å²) in [6.07, 6.45) is 0.706. The smallest absolute Gasteiger partial charge is 0.246 e. The van der Waals surface area contributed by atoms with Gasteiger partial charge in [-0.3, -0.25) is 4.79 Å². The second-order valence-electron chi connectivity index (χ2n) is 6.06. The van der Waals surface area contributed by atoms with Crippen molar-refractivity contribution in [2.45, 2.75) is 37.0 Å². The fourth-order valence-corrected chi connectivity index (χ4v) is 3.53. The number of nitrogens with one attached hydrogen (secondary N) is 1. The summed E-state index contributed by atoms with van der Waals surface area (Å²) in [5, 5.41) is 7.33. The molecule has 0 aliphatic rings. The van der Waals surface area contributed by atoms with E-state index >= 15 is 0 Å².